The second-order valence-corrected chi connectivity index (χ2v) is 3.19. The van der Waals surface area contributed by atoms with E-state index in [-0.39, 0.29) is 16.3 Å². The largest absolute Gasteiger partial charge is 0.398 e. The Morgan fingerprint density at radius 1 is 1.31 bits per heavy atom. The molecule has 0 heterocycles. The van der Waals surface area contributed by atoms with E-state index in [0.29, 0.717) is 12.0 Å². The first-order valence-corrected chi connectivity index (χ1v) is 4.29. The fraction of sp³-hybridized carbons (Fsp3) is 0.333. The van der Waals surface area contributed by atoms with Crippen LogP contribution in [-0.4, -0.2) is 0 Å². The van der Waals surface area contributed by atoms with Crippen molar-refractivity contribution in [3.05, 3.63) is 27.8 Å². The van der Waals surface area contributed by atoms with Gasteiger partial charge in [-0.3, -0.25) is 0 Å². The summed E-state index contributed by atoms with van der Waals surface area (Å²) in [7, 11) is 0. The quantitative estimate of drug-likeness (QED) is 0.554. The Morgan fingerprint density at radius 3 is 2.31 bits per heavy atom. The standard InChI is InChI=1S/C9H10ClF2N/c1-3-5-6(10)8(12)7(11)4(2)9(5)13/h3,13H2,1-2H3. The molecule has 0 aromatic heterocycles. The van der Waals surface area contributed by atoms with Gasteiger partial charge in [0.05, 0.1) is 5.02 Å². The summed E-state index contributed by atoms with van der Waals surface area (Å²) >= 11 is 5.58. The van der Waals surface area contributed by atoms with Crippen molar-refractivity contribution in [2.45, 2.75) is 20.3 Å². The van der Waals surface area contributed by atoms with Gasteiger partial charge in [-0.25, -0.2) is 8.78 Å². The number of rotatable bonds is 1. The Labute approximate surface area is 80.5 Å². The molecule has 0 amide bonds. The van der Waals surface area contributed by atoms with Crippen LogP contribution in [0.5, 0.6) is 0 Å². The maximum absolute atomic E-state index is 13.1. The van der Waals surface area contributed by atoms with Crippen molar-refractivity contribution in [1.82, 2.24) is 0 Å². The maximum Gasteiger partial charge on any atom is 0.178 e. The molecule has 0 radical (unpaired) electrons. The number of halogens is 3. The van der Waals surface area contributed by atoms with Gasteiger partial charge in [0.25, 0.3) is 0 Å². The molecule has 0 aliphatic carbocycles. The molecule has 1 nitrogen and oxygen atoms in total. The van der Waals surface area contributed by atoms with Crippen LogP contribution >= 0.6 is 11.6 Å². The summed E-state index contributed by atoms with van der Waals surface area (Å²) in [4.78, 5) is 0. The van der Waals surface area contributed by atoms with Gasteiger partial charge < -0.3 is 5.73 Å². The third kappa shape index (κ3) is 1.48. The van der Waals surface area contributed by atoms with E-state index in [9.17, 15) is 8.78 Å². The zero-order valence-electron chi connectivity index (χ0n) is 7.42. The highest BCUT2D eigenvalue weighted by Crippen LogP contribution is 2.31. The minimum absolute atomic E-state index is 0.124. The monoisotopic (exact) mass is 205 g/mol. The average Bonchev–Trinajstić information content (AvgIpc) is 2.13. The number of anilines is 1. The van der Waals surface area contributed by atoms with Gasteiger partial charge in [0.2, 0.25) is 0 Å². The average molecular weight is 206 g/mol. The van der Waals surface area contributed by atoms with Gasteiger partial charge in [0.15, 0.2) is 11.6 Å². The smallest absolute Gasteiger partial charge is 0.178 e. The van der Waals surface area contributed by atoms with E-state index in [2.05, 4.69) is 0 Å². The van der Waals surface area contributed by atoms with Crippen LogP contribution in [0.2, 0.25) is 5.02 Å². The van der Waals surface area contributed by atoms with Gasteiger partial charge in [-0.1, -0.05) is 18.5 Å². The zero-order valence-corrected chi connectivity index (χ0v) is 8.17. The SMILES string of the molecule is CCc1c(N)c(C)c(F)c(F)c1Cl. The Kier molecular flexibility index (Phi) is 2.76. The van der Waals surface area contributed by atoms with Gasteiger partial charge in [-0.2, -0.15) is 0 Å². The Morgan fingerprint density at radius 2 is 1.85 bits per heavy atom. The highest BCUT2D eigenvalue weighted by Gasteiger charge is 2.17. The number of hydrogen-bond donors (Lipinski definition) is 1. The van der Waals surface area contributed by atoms with Gasteiger partial charge in [0, 0.05) is 11.3 Å². The summed E-state index contributed by atoms with van der Waals surface area (Å²) < 4.78 is 26.1. The van der Waals surface area contributed by atoms with Crippen molar-refractivity contribution in [1.29, 1.82) is 0 Å². The van der Waals surface area contributed by atoms with Crippen LogP contribution in [0.1, 0.15) is 18.1 Å². The molecule has 0 spiro atoms. The lowest BCUT2D eigenvalue weighted by molar-refractivity contribution is 0.503. The van der Waals surface area contributed by atoms with Crippen LogP contribution in [0, 0.1) is 18.6 Å². The summed E-state index contributed by atoms with van der Waals surface area (Å²) in [5.74, 6) is -1.97. The molecule has 4 heteroatoms. The minimum atomic E-state index is -1.01. The predicted octanol–water partition coefficient (Wildman–Crippen LogP) is 3.07. The first-order valence-electron chi connectivity index (χ1n) is 3.92. The lowest BCUT2D eigenvalue weighted by Crippen LogP contribution is -2.03. The van der Waals surface area contributed by atoms with Crippen molar-refractivity contribution in [3.8, 4) is 0 Å². The molecule has 1 rings (SSSR count). The van der Waals surface area contributed by atoms with Crippen molar-refractivity contribution in [2.75, 3.05) is 5.73 Å². The van der Waals surface area contributed by atoms with Crippen LogP contribution < -0.4 is 5.73 Å². The fourth-order valence-electron chi connectivity index (χ4n) is 1.20. The predicted molar refractivity (Wildman–Crippen MR) is 49.9 cm³/mol. The van der Waals surface area contributed by atoms with E-state index in [1.54, 1.807) is 6.92 Å². The normalized spacial score (nSPS) is 10.5. The number of benzene rings is 1. The van der Waals surface area contributed by atoms with Crippen LogP contribution in [0.3, 0.4) is 0 Å². The molecular weight excluding hydrogens is 196 g/mol. The van der Waals surface area contributed by atoms with Crippen LogP contribution in [0.15, 0.2) is 0 Å². The van der Waals surface area contributed by atoms with E-state index in [1.807, 2.05) is 0 Å². The summed E-state index contributed by atoms with van der Waals surface area (Å²) in [5, 5.41) is -0.205. The van der Waals surface area contributed by atoms with Crippen molar-refractivity contribution in [3.63, 3.8) is 0 Å². The maximum atomic E-state index is 13.1. The van der Waals surface area contributed by atoms with E-state index in [4.69, 9.17) is 17.3 Å². The van der Waals surface area contributed by atoms with E-state index in [0.717, 1.165) is 0 Å². The third-order valence-corrected chi connectivity index (χ3v) is 2.46. The molecule has 0 unspecified atom stereocenters. The van der Waals surface area contributed by atoms with E-state index < -0.39 is 11.6 Å². The summed E-state index contributed by atoms with van der Waals surface area (Å²) in [6.07, 6.45) is 0.489. The second-order valence-electron chi connectivity index (χ2n) is 2.81. The molecule has 13 heavy (non-hydrogen) atoms. The zero-order chi connectivity index (χ0) is 10.2. The van der Waals surface area contributed by atoms with E-state index in [1.165, 1.54) is 6.92 Å². The van der Waals surface area contributed by atoms with Crippen molar-refractivity contribution >= 4 is 17.3 Å². The van der Waals surface area contributed by atoms with Crippen LogP contribution in [0.4, 0.5) is 14.5 Å². The highest BCUT2D eigenvalue weighted by atomic mass is 35.5. The molecular formula is C9H10ClF2N. The summed E-state index contributed by atoms with van der Waals surface area (Å²) in [6.45, 7) is 3.22. The molecule has 0 fully saturated rings. The fourth-order valence-corrected chi connectivity index (χ4v) is 1.52. The molecule has 72 valence electrons. The number of hydrogen-bond acceptors (Lipinski definition) is 1. The topological polar surface area (TPSA) is 26.0 Å². The third-order valence-electron chi connectivity index (χ3n) is 2.06. The number of nitrogens with two attached hydrogens (primary N) is 1. The lowest BCUT2D eigenvalue weighted by atomic mass is 10.1. The summed E-state index contributed by atoms with van der Waals surface area (Å²) in [5.41, 5.74) is 6.41. The van der Waals surface area contributed by atoms with Crippen LogP contribution in [0.25, 0.3) is 0 Å². The molecule has 0 aliphatic rings. The Balaban J connectivity index is 3.56. The molecule has 0 aliphatic heterocycles. The molecule has 1 aromatic rings. The van der Waals surface area contributed by atoms with Crippen molar-refractivity contribution in [2.24, 2.45) is 0 Å². The van der Waals surface area contributed by atoms with Gasteiger partial charge >= 0.3 is 0 Å². The van der Waals surface area contributed by atoms with Gasteiger partial charge in [0.1, 0.15) is 0 Å². The number of nitrogen functional groups attached to an aromatic ring is 1. The molecule has 0 saturated heterocycles. The van der Waals surface area contributed by atoms with Gasteiger partial charge in [-0.05, 0) is 18.9 Å². The van der Waals surface area contributed by atoms with Gasteiger partial charge in [-0.15, -0.1) is 0 Å². The summed E-state index contributed by atoms with van der Waals surface area (Å²) in [6, 6.07) is 0. The van der Waals surface area contributed by atoms with Crippen molar-refractivity contribution < 1.29 is 8.78 Å². The minimum Gasteiger partial charge on any atom is -0.398 e. The molecule has 0 saturated carbocycles. The van der Waals surface area contributed by atoms with E-state index >= 15 is 0 Å². The molecule has 0 bridgehead atoms. The van der Waals surface area contributed by atoms with Crippen LogP contribution in [-0.2, 0) is 6.42 Å². The Bertz CT molecular complexity index is 321. The Hall–Kier alpha value is -0.830. The first kappa shape index (κ1) is 10.3. The molecule has 1 aromatic carbocycles. The first-order chi connectivity index (χ1) is 6.00. The second kappa shape index (κ2) is 3.50. The molecule has 2 N–H and O–H groups in total. The lowest BCUT2D eigenvalue weighted by Gasteiger charge is -2.10. The molecule has 0 atom stereocenters. The highest BCUT2D eigenvalue weighted by molar-refractivity contribution is 6.32.